The van der Waals surface area contributed by atoms with Crippen molar-refractivity contribution in [3.63, 3.8) is 0 Å². The summed E-state index contributed by atoms with van der Waals surface area (Å²) in [6.07, 6.45) is 8.07. The number of unbranched alkanes of at least 4 members (excludes halogenated alkanes) is 1. The van der Waals surface area contributed by atoms with E-state index in [0.717, 1.165) is 127 Å². The first-order chi connectivity index (χ1) is 53.2. The van der Waals surface area contributed by atoms with Gasteiger partial charge in [0.05, 0.1) is 90.0 Å². The number of anilines is 7. The summed E-state index contributed by atoms with van der Waals surface area (Å²) in [7, 11) is 15.8. The highest BCUT2D eigenvalue weighted by molar-refractivity contribution is 5.85. The summed E-state index contributed by atoms with van der Waals surface area (Å²) in [5.41, 5.74) is 58.4. The van der Waals surface area contributed by atoms with E-state index in [-0.39, 0.29) is 45.9 Å². The smallest absolute Gasteiger partial charge is 0.333 e. The molecule has 1 aliphatic rings. The fourth-order valence-corrected chi connectivity index (χ4v) is 14.5. The lowest BCUT2D eigenvalue weighted by Gasteiger charge is -2.22. The second-order valence-electron chi connectivity index (χ2n) is 29.1. The van der Waals surface area contributed by atoms with Crippen molar-refractivity contribution in [2.24, 2.45) is 62.3 Å². The van der Waals surface area contributed by atoms with Crippen LogP contribution in [0, 0.1) is 5.92 Å². The van der Waals surface area contributed by atoms with Crippen molar-refractivity contribution in [2.75, 3.05) is 47.2 Å². The van der Waals surface area contributed by atoms with Crippen LogP contribution in [0.5, 0.6) is 5.75 Å². The molecule has 0 bridgehead atoms. The zero-order valence-electron chi connectivity index (χ0n) is 66.8. The topological polar surface area (TPSA) is 380 Å². The highest BCUT2D eigenvalue weighted by atomic mass is 16.5. The number of nitrogen functional groups attached to an aromatic ring is 7. The van der Waals surface area contributed by atoms with Gasteiger partial charge < -0.3 is 44.9 Å². The molecule has 7 heterocycles. The molecule has 14 N–H and O–H groups in total. The van der Waals surface area contributed by atoms with E-state index >= 15 is 0 Å². The number of methoxy groups -OCH3 is 1. The van der Waals surface area contributed by atoms with E-state index in [9.17, 15) is 33.6 Å². The van der Waals surface area contributed by atoms with Gasteiger partial charge in [-0.25, -0.2) is 33.6 Å². The van der Waals surface area contributed by atoms with Crippen LogP contribution in [-0.4, -0.2) is 71.0 Å². The van der Waals surface area contributed by atoms with E-state index < -0.39 is 0 Å². The number of aryl methyl sites for hydroxylation is 10. The summed E-state index contributed by atoms with van der Waals surface area (Å²) in [6.45, 7) is 14.5. The number of rotatable bonds is 10. The van der Waals surface area contributed by atoms with Crippen molar-refractivity contribution in [1.82, 2.24) is 63.9 Å². The maximum absolute atomic E-state index is 12.4. The van der Waals surface area contributed by atoms with E-state index in [1.54, 1.807) is 136 Å². The Morgan fingerprint density at radius 3 is 1.14 bits per heavy atom. The van der Waals surface area contributed by atoms with Crippen molar-refractivity contribution in [1.29, 1.82) is 0 Å². The average Bonchev–Trinajstić information content (AvgIpc) is 1.59. The van der Waals surface area contributed by atoms with E-state index in [4.69, 9.17) is 44.9 Å². The Balaban J connectivity index is 0.000000139. The summed E-state index contributed by atoms with van der Waals surface area (Å²) in [5, 5.41) is 0. The van der Waals surface area contributed by atoms with Crippen molar-refractivity contribution in [3.05, 3.63) is 225 Å². The van der Waals surface area contributed by atoms with Crippen LogP contribution >= 0.6 is 0 Å². The number of nitrogens with zero attached hydrogens (tertiary/aromatic N) is 14. The van der Waals surface area contributed by atoms with Gasteiger partial charge in [0, 0.05) is 128 Å². The molecule has 15 aromatic rings. The molecule has 8 aromatic carbocycles. The summed E-state index contributed by atoms with van der Waals surface area (Å²) in [6, 6.07) is 46.8. The van der Waals surface area contributed by atoms with Crippen molar-refractivity contribution in [3.8, 4) is 11.4 Å². The zero-order valence-corrected chi connectivity index (χ0v) is 66.8. The minimum absolute atomic E-state index is 0.00519. The molecule has 0 amide bonds. The van der Waals surface area contributed by atoms with Crippen molar-refractivity contribution in [2.45, 2.75) is 118 Å². The molecule has 1 saturated carbocycles. The van der Waals surface area contributed by atoms with Gasteiger partial charge in [0.2, 0.25) is 0 Å². The van der Waals surface area contributed by atoms with Gasteiger partial charge in [-0.1, -0.05) is 46.5 Å². The zero-order chi connectivity index (χ0) is 81.6. The SMILES string of the molecule is CC(C)Cn1c(=O)n(C)c2cc(N)ccc21.CC(C)n1c(=O)n(C)c2cc(N)ccc21.CCCCn1c(=O)n(C)c2cc(N)ccc21.CCn1c(=O)n(C)c2cc(N)ccc21.COc1ccc(-n2c(=O)n(C)c3cc(N)ccc32)cc1.Cn1c(=O)n(C)c2cc(N)ccc21.Cn1c(=O)n(C2CCCCC2)c2ccc(N)cc21. The highest BCUT2D eigenvalue weighted by Gasteiger charge is 2.23. The first-order valence-electron chi connectivity index (χ1n) is 37.5. The molecule has 1 aliphatic carbocycles. The quantitative estimate of drug-likeness (QED) is 0.0626. The maximum atomic E-state index is 12.4. The number of fused-ring (bicyclic) bond motifs is 7. The molecular formula is C83H107N21O8. The molecule has 112 heavy (non-hydrogen) atoms. The predicted octanol–water partition coefficient (Wildman–Crippen LogP) is 10.6. The van der Waals surface area contributed by atoms with Gasteiger partial charge in [0.15, 0.2) is 0 Å². The Morgan fingerprint density at radius 1 is 0.357 bits per heavy atom. The van der Waals surface area contributed by atoms with Gasteiger partial charge >= 0.3 is 39.8 Å². The molecule has 29 heteroatoms. The molecule has 0 saturated heterocycles. The molecule has 0 aliphatic heterocycles. The first-order valence-corrected chi connectivity index (χ1v) is 37.5. The molecular weight excluding hydrogens is 1420 g/mol. The molecule has 29 nitrogen and oxygen atoms in total. The Hall–Kier alpha value is -13.0. The molecule has 16 rings (SSSR count). The number of nitrogens with two attached hydrogens (primary N) is 7. The van der Waals surface area contributed by atoms with Gasteiger partial charge in [-0.05, 0) is 198 Å². The molecule has 0 radical (unpaired) electrons. The predicted molar refractivity (Wildman–Crippen MR) is 458 cm³/mol. The van der Waals surface area contributed by atoms with Crippen LogP contribution < -0.4 is 84.7 Å². The number of aromatic nitrogens is 14. The van der Waals surface area contributed by atoms with Crippen LogP contribution in [0.3, 0.4) is 0 Å². The summed E-state index contributed by atoms with van der Waals surface area (Å²) in [5.74, 6) is 1.20. The fraction of sp³-hybridized carbons (Fsp3) is 0.337. The minimum atomic E-state index is -0.101. The van der Waals surface area contributed by atoms with E-state index in [2.05, 4.69) is 20.8 Å². The monoisotopic (exact) mass is 1530 g/mol. The lowest BCUT2D eigenvalue weighted by molar-refractivity contribution is 0.351. The van der Waals surface area contributed by atoms with Gasteiger partial charge in [-0.3, -0.25) is 63.9 Å². The van der Waals surface area contributed by atoms with Crippen LogP contribution in [0.1, 0.15) is 98.6 Å². The maximum Gasteiger partial charge on any atom is 0.333 e. The second-order valence-corrected chi connectivity index (χ2v) is 29.1. The third-order valence-electron chi connectivity index (χ3n) is 20.5. The summed E-state index contributed by atoms with van der Waals surface area (Å²) >= 11 is 0. The molecule has 0 atom stereocenters. The normalized spacial score (nSPS) is 12.2. The van der Waals surface area contributed by atoms with Crippen molar-refractivity contribution >= 4 is 117 Å². The lowest BCUT2D eigenvalue weighted by Crippen LogP contribution is -2.27. The Kier molecular flexibility index (Phi) is 25.0. The van der Waals surface area contributed by atoms with Gasteiger partial charge in [0.1, 0.15) is 5.75 Å². The van der Waals surface area contributed by atoms with E-state index in [0.29, 0.717) is 58.3 Å². The van der Waals surface area contributed by atoms with Crippen LogP contribution in [0.4, 0.5) is 39.8 Å². The second kappa shape index (κ2) is 34.3. The number of imidazole rings is 7. The van der Waals surface area contributed by atoms with Crippen molar-refractivity contribution < 1.29 is 4.74 Å². The first kappa shape index (κ1) is 81.6. The van der Waals surface area contributed by atoms with Gasteiger partial charge in [0.25, 0.3) is 0 Å². The number of ether oxygens (including phenoxy) is 1. The lowest BCUT2D eigenvalue weighted by atomic mass is 9.95. The number of hydrogen-bond acceptors (Lipinski definition) is 15. The van der Waals surface area contributed by atoms with Gasteiger partial charge in [-0.2, -0.15) is 0 Å². The Labute approximate surface area is 646 Å². The van der Waals surface area contributed by atoms with Crippen LogP contribution in [0.2, 0.25) is 0 Å². The average molecular weight is 1530 g/mol. The third kappa shape index (κ3) is 16.6. The minimum Gasteiger partial charge on any atom is -0.497 e. The summed E-state index contributed by atoms with van der Waals surface area (Å²) in [4.78, 5) is 83.9. The molecule has 1 fully saturated rings. The fourth-order valence-electron chi connectivity index (χ4n) is 14.5. The van der Waals surface area contributed by atoms with Crippen LogP contribution in [0.15, 0.2) is 185 Å². The van der Waals surface area contributed by atoms with Crippen LogP contribution in [0.25, 0.3) is 82.9 Å². The number of hydrogen-bond donors (Lipinski definition) is 7. The number of benzene rings is 8. The molecule has 7 aromatic heterocycles. The van der Waals surface area contributed by atoms with Gasteiger partial charge in [-0.15, -0.1) is 0 Å². The van der Waals surface area contributed by atoms with E-state index in [1.807, 2.05) is 164 Å². The highest BCUT2D eigenvalue weighted by Crippen LogP contribution is 2.31. The molecule has 0 unspecified atom stereocenters. The Morgan fingerprint density at radius 2 is 0.696 bits per heavy atom. The third-order valence-corrected chi connectivity index (χ3v) is 20.5. The summed E-state index contributed by atoms with van der Waals surface area (Å²) < 4.78 is 28.9. The largest absolute Gasteiger partial charge is 0.497 e. The standard InChI is InChI=1S/C15H15N3O2.C14H19N3O.2C12H17N3O.C11H15N3O.C10H13N3O.C9H11N3O/c1-17-14-9-10(16)3-8-13(14)18(15(17)19)11-4-6-12(20-2)7-5-11;1-16-13-9-10(15)7-8-12(13)17(14(16)18)11-5-3-2-4-6-11;1-8(2)7-15-10-5-4-9(13)6-11(10)14(3)12(15)16;1-3-4-7-15-10-6-5-9(13)8-11(10)14(2)12(15)16;1-7(2)14-9-5-4-8(12)6-10(9)13(3)11(14)15;1-3-13-8-5-4-7(11)6-9(8)12(2)10(13)14;1-11-7-4-3-6(10)5-8(7)12(2)9(11)13/h3-9H,16H2,1-2H3;7-9,11H,2-6,15H2,1H3;4-6,8H,7,13H2,1-3H3;5-6,8H,3-4,7,13H2,1-2H3;4-7H,12H2,1-3H3;4-6H,3,11H2,1-2H3;3-5H,10H2,1-2H3. The Bertz CT molecular complexity index is 6380. The van der Waals surface area contributed by atoms with Crippen LogP contribution in [-0.2, 0) is 76.0 Å². The molecule has 592 valence electrons. The van der Waals surface area contributed by atoms with E-state index in [1.165, 1.54) is 19.3 Å². The molecule has 0 spiro atoms.